The topological polar surface area (TPSA) is 63.6 Å². The fourth-order valence-electron chi connectivity index (χ4n) is 2.91. The Labute approximate surface area is 154 Å². The minimum absolute atomic E-state index is 0.00655. The Hall–Kier alpha value is -3.04. The number of carbonyl (C=O) groups excluding carboxylic acids is 1. The van der Waals surface area contributed by atoms with Gasteiger partial charge in [-0.3, -0.25) is 4.79 Å². The molecule has 0 bridgehead atoms. The average molecular weight is 406 g/mol. The maximum atomic E-state index is 14.0. The van der Waals surface area contributed by atoms with Crippen molar-refractivity contribution in [2.45, 2.75) is 24.7 Å². The first-order valence-corrected chi connectivity index (χ1v) is 7.55. The highest BCUT2D eigenvalue weighted by molar-refractivity contribution is 5.87. The molecule has 150 valence electrons. The van der Waals surface area contributed by atoms with Gasteiger partial charge in [-0.05, 0) is 41.8 Å². The molecule has 0 amide bonds. The Morgan fingerprint density at radius 1 is 0.929 bits per heavy atom. The summed E-state index contributed by atoms with van der Waals surface area (Å²) >= 11 is 0. The molecule has 0 aromatic heterocycles. The number of carboxylic acid groups (broad SMARTS) is 1. The van der Waals surface area contributed by atoms with E-state index in [1.807, 2.05) is 0 Å². The molecule has 0 unspecified atom stereocenters. The summed E-state index contributed by atoms with van der Waals surface area (Å²) in [5.74, 6) is -1.69. The van der Waals surface area contributed by atoms with E-state index in [1.165, 1.54) is 6.92 Å². The van der Waals surface area contributed by atoms with E-state index >= 15 is 0 Å². The van der Waals surface area contributed by atoms with Crippen LogP contribution in [0.5, 0.6) is 5.75 Å². The van der Waals surface area contributed by atoms with Crippen LogP contribution in [0.25, 0.3) is 0 Å². The smallest absolute Gasteiger partial charge is 0.411 e. The number of aryl methyl sites for hydroxylation is 1. The molecular weight excluding hydrogens is 394 g/mol. The summed E-state index contributed by atoms with van der Waals surface area (Å²) in [5.41, 5.74) is -7.34. The molecule has 0 aliphatic heterocycles. The van der Waals surface area contributed by atoms with Crippen molar-refractivity contribution in [2.75, 3.05) is 0 Å². The number of alkyl halides is 6. The number of carboxylic acids is 1. The summed E-state index contributed by atoms with van der Waals surface area (Å²) in [7, 11) is 0. The lowest BCUT2D eigenvalue weighted by Crippen LogP contribution is -2.54. The minimum Gasteiger partial charge on any atom is -0.478 e. The van der Waals surface area contributed by atoms with Crippen LogP contribution in [-0.2, 0) is 10.2 Å². The highest BCUT2D eigenvalue weighted by atomic mass is 19.4. The Balaban J connectivity index is 2.85. The molecule has 10 heteroatoms. The summed E-state index contributed by atoms with van der Waals surface area (Å²) in [6.45, 7) is 1.18. The van der Waals surface area contributed by atoms with E-state index in [0.29, 0.717) is 36.4 Å². The van der Waals surface area contributed by atoms with Crippen molar-refractivity contribution in [3.63, 3.8) is 0 Å². The van der Waals surface area contributed by atoms with E-state index < -0.39 is 40.4 Å². The number of ether oxygens (including phenoxy) is 1. The van der Waals surface area contributed by atoms with Gasteiger partial charge >= 0.3 is 18.3 Å². The van der Waals surface area contributed by atoms with Gasteiger partial charge < -0.3 is 9.84 Å². The maximum absolute atomic E-state index is 14.0. The number of rotatable bonds is 5. The van der Waals surface area contributed by atoms with Crippen molar-refractivity contribution in [2.24, 2.45) is 0 Å². The molecule has 0 aliphatic rings. The van der Waals surface area contributed by atoms with Gasteiger partial charge in [-0.15, -0.1) is 0 Å². The van der Waals surface area contributed by atoms with E-state index in [0.717, 1.165) is 6.07 Å². The van der Waals surface area contributed by atoms with Gasteiger partial charge in [0.2, 0.25) is 5.41 Å². The van der Waals surface area contributed by atoms with E-state index in [1.54, 1.807) is 0 Å². The fourth-order valence-corrected chi connectivity index (χ4v) is 2.91. The number of carbonyl (C=O) groups is 2. The van der Waals surface area contributed by atoms with E-state index in [2.05, 4.69) is 4.74 Å². The molecule has 2 aromatic carbocycles. The quantitative estimate of drug-likeness (QED) is 0.581. The molecule has 1 N–H and O–H groups in total. The third-order valence-corrected chi connectivity index (χ3v) is 4.20. The zero-order valence-corrected chi connectivity index (χ0v) is 14.1. The third-order valence-electron chi connectivity index (χ3n) is 4.20. The number of benzene rings is 2. The van der Waals surface area contributed by atoms with Crippen LogP contribution in [-0.4, -0.2) is 29.9 Å². The first kappa shape index (κ1) is 21.3. The molecule has 2 aromatic rings. The van der Waals surface area contributed by atoms with Crippen LogP contribution in [0.1, 0.15) is 27.0 Å². The van der Waals surface area contributed by atoms with Gasteiger partial charge in [0.25, 0.3) is 6.47 Å². The fraction of sp³-hybridized carbons (Fsp3) is 0.222. The molecule has 0 saturated heterocycles. The highest BCUT2D eigenvalue weighted by Crippen LogP contribution is 2.56. The zero-order chi connectivity index (χ0) is 21.3. The number of hydrogen-bond donors (Lipinski definition) is 1. The molecule has 0 radical (unpaired) electrons. The lowest BCUT2D eigenvalue weighted by molar-refractivity contribution is -0.288. The standard InChI is InChI=1S/C18H12F6O4/c1-10-8-13(6-7-14(10)28-9-25)16(17(19,20)21,18(22,23)24)12-4-2-11(3-5-12)15(26)27/h2-9H,1H3,(H,26,27). The normalized spacial score (nSPS) is 12.5. The van der Waals surface area contributed by atoms with E-state index in [4.69, 9.17) is 5.11 Å². The Kier molecular flexibility index (Phi) is 5.45. The van der Waals surface area contributed by atoms with Gasteiger partial charge in [0.05, 0.1) is 5.56 Å². The predicted molar refractivity (Wildman–Crippen MR) is 84.2 cm³/mol. The molecule has 28 heavy (non-hydrogen) atoms. The molecule has 0 atom stereocenters. The summed E-state index contributed by atoms with van der Waals surface area (Å²) < 4.78 is 88.3. The molecule has 0 fully saturated rings. The first-order valence-electron chi connectivity index (χ1n) is 7.55. The Morgan fingerprint density at radius 3 is 1.82 bits per heavy atom. The average Bonchev–Trinajstić information content (AvgIpc) is 2.56. The summed E-state index contributed by atoms with van der Waals surface area (Å²) in [4.78, 5) is 21.3. The van der Waals surface area contributed by atoms with Gasteiger partial charge in [0.1, 0.15) is 5.75 Å². The van der Waals surface area contributed by atoms with Crippen LogP contribution in [0, 0.1) is 6.92 Å². The zero-order valence-electron chi connectivity index (χ0n) is 14.1. The lowest BCUT2D eigenvalue weighted by Gasteiger charge is -2.38. The number of hydrogen-bond acceptors (Lipinski definition) is 3. The van der Waals surface area contributed by atoms with Gasteiger partial charge in [-0.25, -0.2) is 4.79 Å². The summed E-state index contributed by atoms with van der Waals surface area (Å²) in [6.07, 6.45) is -11.6. The molecule has 0 saturated carbocycles. The number of halogens is 6. The van der Waals surface area contributed by atoms with Crippen LogP contribution < -0.4 is 4.74 Å². The molecule has 0 spiro atoms. The van der Waals surface area contributed by atoms with Crippen molar-refractivity contribution in [1.82, 2.24) is 0 Å². The molecule has 2 rings (SSSR count). The second-order valence-corrected chi connectivity index (χ2v) is 5.82. The highest BCUT2D eigenvalue weighted by Gasteiger charge is 2.72. The predicted octanol–water partition coefficient (Wildman–Crippen LogP) is 4.64. The van der Waals surface area contributed by atoms with Gasteiger partial charge in [-0.2, -0.15) is 26.3 Å². The van der Waals surface area contributed by atoms with Crippen LogP contribution in [0.3, 0.4) is 0 Å². The monoisotopic (exact) mass is 406 g/mol. The maximum Gasteiger partial charge on any atom is 0.411 e. The van der Waals surface area contributed by atoms with Crippen LogP contribution in [0.4, 0.5) is 26.3 Å². The van der Waals surface area contributed by atoms with Gasteiger partial charge in [0.15, 0.2) is 0 Å². The van der Waals surface area contributed by atoms with E-state index in [9.17, 15) is 35.9 Å². The molecule has 4 nitrogen and oxygen atoms in total. The summed E-state index contributed by atoms with van der Waals surface area (Å²) in [5, 5.41) is 8.85. The van der Waals surface area contributed by atoms with Crippen molar-refractivity contribution >= 4 is 12.4 Å². The van der Waals surface area contributed by atoms with Crippen molar-refractivity contribution in [3.05, 3.63) is 64.7 Å². The molecular formula is C18H12F6O4. The number of aromatic carboxylic acids is 1. The SMILES string of the molecule is Cc1cc(C(c2ccc(C(=O)O)cc2)(C(F)(F)F)C(F)(F)F)ccc1OC=O. The van der Waals surface area contributed by atoms with E-state index in [-0.39, 0.29) is 17.8 Å². The molecule has 0 aliphatic carbocycles. The summed E-state index contributed by atoms with van der Waals surface area (Å²) in [6, 6.07) is 4.33. The van der Waals surface area contributed by atoms with Crippen LogP contribution in [0.15, 0.2) is 42.5 Å². The van der Waals surface area contributed by atoms with Gasteiger partial charge in [-0.1, -0.05) is 24.3 Å². The van der Waals surface area contributed by atoms with Crippen molar-refractivity contribution in [3.8, 4) is 5.75 Å². The largest absolute Gasteiger partial charge is 0.478 e. The molecule has 0 heterocycles. The van der Waals surface area contributed by atoms with Crippen LogP contribution in [0.2, 0.25) is 0 Å². The second-order valence-electron chi connectivity index (χ2n) is 5.82. The lowest BCUT2D eigenvalue weighted by atomic mass is 9.72. The second kappa shape index (κ2) is 7.17. The minimum atomic E-state index is -5.81. The Bertz CT molecular complexity index is 870. The van der Waals surface area contributed by atoms with Crippen LogP contribution >= 0.6 is 0 Å². The Morgan fingerprint density at radius 2 is 1.43 bits per heavy atom. The van der Waals surface area contributed by atoms with Crippen molar-refractivity contribution in [1.29, 1.82) is 0 Å². The first-order chi connectivity index (χ1) is 12.9. The third kappa shape index (κ3) is 3.41. The van der Waals surface area contributed by atoms with Gasteiger partial charge in [0, 0.05) is 0 Å². The van der Waals surface area contributed by atoms with Crippen molar-refractivity contribution < 1.29 is 45.8 Å².